The summed E-state index contributed by atoms with van der Waals surface area (Å²) in [4.78, 5) is 1.39. The Bertz CT molecular complexity index is 530. The van der Waals surface area contributed by atoms with E-state index >= 15 is 0 Å². The SMILES string of the molecule is CC(=N)N1C(=N)CCc2cc(Br)c(F)c(Cl)c21. The van der Waals surface area contributed by atoms with Gasteiger partial charge in [0.1, 0.15) is 16.7 Å². The molecule has 0 radical (unpaired) electrons. The molecule has 17 heavy (non-hydrogen) atoms. The predicted molar refractivity (Wildman–Crippen MR) is 71.0 cm³/mol. The summed E-state index contributed by atoms with van der Waals surface area (Å²) in [5, 5.41) is 15.4. The number of nitrogens with zero attached hydrogens (tertiary/aromatic N) is 1. The van der Waals surface area contributed by atoms with Crippen LogP contribution in [-0.2, 0) is 6.42 Å². The monoisotopic (exact) mass is 317 g/mol. The van der Waals surface area contributed by atoms with E-state index in [0.717, 1.165) is 5.56 Å². The van der Waals surface area contributed by atoms with Gasteiger partial charge in [0.25, 0.3) is 0 Å². The molecule has 1 aromatic rings. The Morgan fingerprint density at radius 3 is 2.76 bits per heavy atom. The fraction of sp³-hybridized carbons (Fsp3) is 0.273. The van der Waals surface area contributed by atoms with Gasteiger partial charge in [0.2, 0.25) is 0 Å². The Labute approximate surface area is 112 Å². The van der Waals surface area contributed by atoms with Crippen molar-refractivity contribution >= 4 is 44.9 Å². The lowest BCUT2D eigenvalue weighted by atomic mass is 10.0. The number of hydrogen-bond donors (Lipinski definition) is 2. The van der Waals surface area contributed by atoms with Gasteiger partial charge in [-0.05, 0) is 40.9 Å². The number of aryl methyl sites for hydroxylation is 1. The van der Waals surface area contributed by atoms with Crippen LogP contribution in [0.5, 0.6) is 0 Å². The third kappa shape index (κ3) is 1.98. The van der Waals surface area contributed by atoms with Gasteiger partial charge in [0.15, 0.2) is 5.82 Å². The van der Waals surface area contributed by atoms with Crippen LogP contribution in [0.3, 0.4) is 0 Å². The fourth-order valence-corrected chi connectivity index (χ4v) is 2.83. The summed E-state index contributed by atoms with van der Waals surface area (Å²) < 4.78 is 14.1. The van der Waals surface area contributed by atoms with Crippen molar-refractivity contribution in [3.63, 3.8) is 0 Å². The molecule has 0 saturated carbocycles. The lowest BCUT2D eigenvalue weighted by molar-refractivity contribution is 0.620. The second-order valence-corrected chi connectivity index (χ2v) is 5.09. The minimum atomic E-state index is -0.550. The molecule has 0 saturated heterocycles. The van der Waals surface area contributed by atoms with Crippen LogP contribution in [0, 0.1) is 16.6 Å². The molecule has 0 aliphatic carbocycles. The van der Waals surface area contributed by atoms with Crippen LogP contribution in [0.1, 0.15) is 18.9 Å². The number of nitrogens with one attached hydrogen (secondary N) is 2. The molecule has 2 N–H and O–H groups in total. The van der Waals surface area contributed by atoms with E-state index in [1.54, 1.807) is 13.0 Å². The van der Waals surface area contributed by atoms with Crippen LogP contribution in [-0.4, -0.2) is 11.7 Å². The molecule has 0 fully saturated rings. The third-order valence-corrected chi connectivity index (χ3v) is 3.60. The molecular formula is C11H10BrClFN3. The largest absolute Gasteiger partial charge is 0.288 e. The molecule has 3 nitrogen and oxygen atoms in total. The van der Waals surface area contributed by atoms with Crippen molar-refractivity contribution in [1.82, 2.24) is 0 Å². The van der Waals surface area contributed by atoms with Crippen molar-refractivity contribution in [2.75, 3.05) is 4.90 Å². The molecule has 0 bridgehead atoms. The van der Waals surface area contributed by atoms with Gasteiger partial charge in [0, 0.05) is 6.42 Å². The molecule has 1 aliphatic heterocycles. The molecule has 0 amide bonds. The molecule has 90 valence electrons. The van der Waals surface area contributed by atoms with E-state index in [-0.39, 0.29) is 16.7 Å². The van der Waals surface area contributed by atoms with E-state index < -0.39 is 5.82 Å². The standard InChI is InChI=1S/C11H10BrClFN3/c1-5(15)17-8(16)3-2-6-4-7(12)10(14)9(13)11(6)17/h4,15-16H,2-3H2,1H3. The van der Waals surface area contributed by atoms with E-state index in [1.165, 1.54) is 4.90 Å². The zero-order chi connectivity index (χ0) is 12.7. The van der Waals surface area contributed by atoms with E-state index in [0.29, 0.717) is 23.0 Å². The van der Waals surface area contributed by atoms with Gasteiger partial charge in [-0.2, -0.15) is 0 Å². The molecule has 0 aromatic heterocycles. The van der Waals surface area contributed by atoms with Crippen LogP contribution >= 0.6 is 27.5 Å². The first-order valence-electron chi connectivity index (χ1n) is 5.02. The summed E-state index contributed by atoms with van der Waals surface area (Å²) in [6, 6.07) is 1.67. The van der Waals surface area contributed by atoms with Crippen molar-refractivity contribution in [1.29, 1.82) is 10.8 Å². The maximum atomic E-state index is 13.7. The minimum absolute atomic E-state index is 0.0366. The summed E-state index contributed by atoms with van der Waals surface area (Å²) in [5.41, 5.74) is 1.28. The zero-order valence-electron chi connectivity index (χ0n) is 9.07. The first-order valence-corrected chi connectivity index (χ1v) is 6.19. The molecule has 1 aliphatic rings. The van der Waals surface area contributed by atoms with Gasteiger partial charge in [-0.1, -0.05) is 11.6 Å². The normalized spacial score (nSPS) is 14.8. The molecular weight excluding hydrogens is 308 g/mol. The van der Waals surface area contributed by atoms with Gasteiger partial charge >= 0.3 is 0 Å². The van der Waals surface area contributed by atoms with E-state index in [9.17, 15) is 4.39 Å². The number of anilines is 1. The first-order chi connectivity index (χ1) is 7.93. The molecule has 6 heteroatoms. The quantitative estimate of drug-likeness (QED) is 0.424. The highest BCUT2D eigenvalue weighted by molar-refractivity contribution is 9.10. The summed E-state index contributed by atoms with van der Waals surface area (Å²) in [6.45, 7) is 1.56. The maximum Gasteiger partial charge on any atom is 0.158 e. The molecule has 1 aromatic carbocycles. The second-order valence-electron chi connectivity index (χ2n) is 3.86. The Hall–Kier alpha value is -0.940. The Morgan fingerprint density at radius 2 is 2.18 bits per heavy atom. The highest BCUT2D eigenvalue weighted by Crippen LogP contribution is 2.39. The summed E-state index contributed by atoms with van der Waals surface area (Å²) in [5.74, 6) is -0.112. The molecule has 0 spiro atoms. The minimum Gasteiger partial charge on any atom is -0.288 e. The van der Waals surface area contributed by atoms with Crippen molar-refractivity contribution < 1.29 is 4.39 Å². The molecule has 1 heterocycles. The van der Waals surface area contributed by atoms with Crippen molar-refractivity contribution in [3.05, 3.63) is 26.9 Å². The zero-order valence-corrected chi connectivity index (χ0v) is 11.4. The van der Waals surface area contributed by atoms with Crippen molar-refractivity contribution in [2.24, 2.45) is 0 Å². The topological polar surface area (TPSA) is 50.9 Å². The number of rotatable bonds is 0. The average molecular weight is 319 g/mol. The van der Waals surface area contributed by atoms with Gasteiger partial charge in [-0.15, -0.1) is 0 Å². The number of fused-ring (bicyclic) bond motifs is 1. The van der Waals surface area contributed by atoms with Gasteiger partial charge in [0.05, 0.1) is 10.2 Å². The maximum absolute atomic E-state index is 13.7. The Morgan fingerprint density at radius 1 is 1.53 bits per heavy atom. The smallest absolute Gasteiger partial charge is 0.158 e. The van der Waals surface area contributed by atoms with Crippen LogP contribution in [0.25, 0.3) is 0 Å². The van der Waals surface area contributed by atoms with Crippen LogP contribution in [0.4, 0.5) is 10.1 Å². The number of benzene rings is 1. The second kappa shape index (κ2) is 4.38. The van der Waals surface area contributed by atoms with Gasteiger partial charge in [-0.25, -0.2) is 4.39 Å². The predicted octanol–water partition coefficient (Wildman–Crippen LogP) is 3.97. The van der Waals surface area contributed by atoms with Crippen molar-refractivity contribution in [3.8, 4) is 0 Å². The Balaban J connectivity index is 2.71. The first kappa shape index (κ1) is 12.5. The lowest BCUT2D eigenvalue weighted by Gasteiger charge is -2.31. The van der Waals surface area contributed by atoms with Crippen molar-refractivity contribution in [2.45, 2.75) is 19.8 Å². The highest BCUT2D eigenvalue weighted by Gasteiger charge is 2.28. The van der Waals surface area contributed by atoms with Crippen LogP contribution < -0.4 is 4.90 Å². The summed E-state index contributed by atoms with van der Waals surface area (Å²) >= 11 is 9.09. The van der Waals surface area contributed by atoms with Crippen LogP contribution in [0.2, 0.25) is 5.02 Å². The van der Waals surface area contributed by atoms with Gasteiger partial charge < -0.3 is 0 Å². The third-order valence-electron chi connectivity index (χ3n) is 2.68. The number of hydrogen-bond acceptors (Lipinski definition) is 2. The summed E-state index contributed by atoms with van der Waals surface area (Å²) in [7, 11) is 0. The average Bonchev–Trinajstić information content (AvgIpc) is 2.26. The van der Waals surface area contributed by atoms with E-state index in [1.807, 2.05) is 0 Å². The number of amidine groups is 2. The molecule has 2 rings (SSSR count). The lowest BCUT2D eigenvalue weighted by Crippen LogP contribution is -2.38. The molecule has 0 atom stereocenters. The van der Waals surface area contributed by atoms with Gasteiger partial charge in [-0.3, -0.25) is 15.7 Å². The van der Waals surface area contributed by atoms with Crippen LogP contribution in [0.15, 0.2) is 10.5 Å². The molecule has 0 unspecified atom stereocenters. The summed E-state index contributed by atoms with van der Waals surface area (Å²) in [6.07, 6.45) is 1.16. The van der Waals surface area contributed by atoms with E-state index in [4.69, 9.17) is 22.4 Å². The number of halogens is 3. The Kier molecular flexibility index (Phi) is 3.23. The fourth-order valence-electron chi connectivity index (χ4n) is 1.94. The highest BCUT2D eigenvalue weighted by atomic mass is 79.9. The van der Waals surface area contributed by atoms with E-state index in [2.05, 4.69) is 15.9 Å².